The first kappa shape index (κ1) is 12.3. The molecule has 0 saturated heterocycles. The Morgan fingerprint density at radius 2 is 1.94 bits per heavy atom. The highest BCUT2D eigenvalue weighted by atomic mass is 14.9. The van der Waals surface area contributed by atoms with E-state index in [2.05, 4.69) is 42.0 Å². The molecule has 2 rings (SSSR count). The van der Waals surface area contributed by atoms with Crippen molar-refractivity contribution < 1.29 is 0 Å². The van der Waals surface area contributed by atoms with Gasteiger partial charge in [0, 0.05) is 18.0 Å². The summed E-state index contributed by atoms with van der Waals surface area (Å²) in [5.41, 5.74) is 3.36. The highest BCUT2D eigenvalue weighted by molar-refractivity contribution is 5.62. The second-order valence-electron chi connectivity index (χ2n) is 4.34. The minimum atomic E-state index is 0.205. The minimum absolute atomic E-state index is 0.205. The van der Waals surface area contributed by atoms with Crippen LogP contribution >= 0.6 is 0 Å². The first-order chi connectivity index (χ1) is 8.74. The molecule has 1 unspecified atom stereocenters. The van der Waals surface area contributed by atoms with E-state index in [-0.39, 0.29) is 5.82 Å². The molecule has 2 aromatic rings. The number of hydrogen-bond acceptors (Lipinski definition) is 3. The molecular formula is C15H15N3. The Morgan fingerprint density at radius 1 is 1.22 bits per heavy atom. The number of benzene rings is 1. The third kappa shape index (κ3) is 2.54. The van der Waals surface area contributed by atoms with Crippen LogP contribution in [0.4, 0.5) is 0 Å². The molecular weight excluding hydrogens is 222 g/mol. The van der Waals surface area contributed by atoms with E-state index in [0.29, 0.717) is 5.92 Å². The van der Waals surface area contributed by atoms with Gasteiger partial charge in [-0.25, -0.2) is 9.97 Å². The summed E-state index contributed by atoms with van der Waals surface area (Å²) < 4.78 is 0. The summed E-state index contributed by atoms with van der Waals surface area (Å²) in [6.45, 7) is 4.40. The molecule has 3 heteroatoms. The van der Waals surface area contributed by atoms with E-state index in [1.807, 2.05) is 12.1 Å². The number of aromatic nitrogens is 2. The van der Waals surface area contributed by atoms with Crippen molar-refractivity contribution in [2.75, 3.05) is 0 Å². The predicted octanol–water partition coefficient (Wildman–Crippen LogP) is 3.53. The van der Waals surface area contributed by atoms with Gasteiger partial charge in [-0.1, -0.05) is 38.1 Å². The van der Waals surface area contributed by atoms with Gasteiger partial charge in [-0.3, -0.25) is 0 Å². The molecule has 1 aromatic carbocycles. The van der Waals surface area contributed by atoms with Gasteiger partial charge < -0.3 is 0 Å². The fourth-order valence-electron chi connectivity index (χ4n) is 1.80. The maximum absolute atomic E-state index is 8.67. The molecule has 3 nitrogen and oxygen atoms in total. The van der Waals surface area contributed by atoms with Crippen LogP contribution in [0.1, 0.15) is 37.6 Å². The van der Waals surface area contributed by atoms with Crippen LogP contribution in [0.3, 0.4) is 0 Å². The monoisotopic (exact) mass is 237 g/mol. The lowest BCUT2D eigenvalue weighted by Gasteiger charge is -2.10. The summed E-state index contributed by atoms with van der Waals surface area (Å²) in [7, 11) is 0. The Labute approximate surface area is 107 Å². The second-order valence-corrected chi connectivity index (χ2v) is 4.34. The zero-order chi connectivity index (χ0) is 13.0. The van der Waals surface area contributed by atoms with Crippen LogP contribution in [0.5, 0.6) is 0 Å². The third-order valence-electron chi connectivity index (χ3n) is 3.15. The van der Waals surface area contributed by atoms with Crippen molar-refractivity contribution in [2.45, 2.75) is 26.2 Å². The molecule has 0 aliphatic carbocycles. The van der Waals surface area contributed by atoms with Crippen molar-refractivity contribution in [3.8, 4) is 17.2 Å². The lowest BCUT2D eigenvalue weighted by molar-refractivity contribution is 0.734. The molecule has 0 aliphatic heterocycles. The summed E-state index contributed by atoms with van der Waals surface area (Å²) in [4.78, 5) is 7.99. The maximum atomic E-state index is 8.67. The second kappa shape index (κ2) is 5.42. The van der Waals surface area contributed by atoms with E-state index in [9.17, 15) is 0 Å². The largest absolute Gasteiger partial charge is 0.232 e. The lowest BCUT2D eigenvalue weighted by Crippen LogP contribution is -1.93. The molecule has 0 aliphatic rings. The van der Waals surface area contributed by atoms with Crippen LogP contribution in [-0.2, 0) is 0 Å². The molecule has 0 saturated carbocycles. The van der Waals surface area contributed by atoms with Crippen LogP contribution in [0.2, 0.25) is 0 Å². The summed E-state index contributed by atoms with van der Waals surface area (Å²) in [5.74, 6) is 0.751. The molecule has 18 heavy (non-hydrogen) atoms. The molecule has 0 amide bonds. The summed E-state index contributed by atoms with van der Waals surface area (Å²) in [6, 6.07) is 10.3. The molecule has 90 valence electrons. The zero-order valence-electron chi connectivity index (χ0n) is 10.6. The van der Waals surface area contributed by atoms with Crippen LogP contribution in [0, 0.1) is 11.3 Å². The van der Waals surface area contributed by atoms with E-state index < -0.39 is 0 Å². The smallest absolute Gasteiger partial charge is 0.227 e. The fourth-order valence-corrected chi connectivity index (χ4v) is 1.80. The average Bonchev–Trinajstić information content (AvgIpc) is 2.46. The normalized spacial score (nSPS) is 11.8. The van der Waals surface area contributed by atoms with Gasteiger partial charge in [0.25, 0.3) is 0 Å². The van der Waals surface area contributed by atoms with Crippen molar-refractivity contribution in [1.29, 1.82) is 5.26 Å². The molecule has 1 aromatic heterocycles. The topological polar surface area (TPSA) is 49.6 Å². The van der Waals surface area contributed by atoms with Gasteiger partial charge in [0.05, 0.1) is 0 Å². The van der Waals surface area contributed by atoms with E-state index in [4.69, 9.17) is 5.26 Å². The van der Waals surface area contributed by atoms with Crippen molar-refractivity contribution in [2.24, 2.45) is 0 Å². The third-order valence-corrected chi connectivity index (χ3v) is 3.15. The molecule has 1 atom stereocenters. The Hall–Kier alpha value is -2.21. The SMILES string of the molecule is CCC(C)c1cccc(-c2cnc(C#N)nc2)c1. The minimum Gasteiger partial charge on any atom is -0.227 e. The standard InChI is InChI=1S/C15H15N3/c1-3-11(2)12-5-4-6-13(7-12)14-9-17-15(8-16)18-10-14/h4-7,9-11H,3H2,1-2H3. The summed E-state index contributed by atoms with van der Waals surface area (Å²) >= 11 is 0. The van der Waals surface area contributed by atoms with Crippen molar-refractivity contribution in [1.82, 2.24) is 9.97 Å². The molecule has 1 heterocycles. The van der Waals surface area contributed by atoms with Crippen molar-refractivity contribution in [3.05, 3.63) is 48.0 Å². The van der Waals surface area contributed by atoms with Gasteiger partial charge in [-0.2, -0.15) is 5.26 Å². The van der Waals surface area contributed by atoms with Crippen LogP contribution in [-0.4, -0.2) is 9.97 Å². The molecule has 0 spiro atoms. The predicted molar refractivity (Wildman–Crippen MR) is 70.9 cm³/mol. The summed E-state index contributed by atoms with van der Waals surface area (Å²) in [5, 5.41) is 8.67. The Bertz CT molecular complexity index is 567. The van der Waals surface area contributed by atoms with Gasteiger partial charge >= 0.3 is 0 Å². The summed E-state index contributed by atoms with van der Waals surface area (Å²) in [6.07, 6.45) is 4.51. The zero-order valence-corrected chi connectivity index (χ0v) is 10.6. The number of hydrogen-bond donors (Lipinski definition) is 0. The molecule has 0 radical (unpaired) electrons. The quantitative estimate of drug-likeness (QED) is 0.820. The Kier molecular flexibility index (Phi) is 3.69. The number of rotatable bonds is 3. The number of nitriles is 1. The molecule has 0 bridgehead atoms. The highest BCUT2D eigenvalue weighted by Gasteiger charge is 2.05. The maximum Gasteiger partial charge on any atom is 0.232 e. The first-order valence-corrected chi connectivity index (χ1v) is 6.07. The fraction of sp³-hybridized carbons (Fsp3) is 0.267. The first-order valence-electron chi connectivity index (χ1n) is 6.07. The van der Waals surface area contributed by atoms with Gasteiger partial charge in [0.15, 0.2) is 0 Å². The van der Waals surface area contributed by atoms with Crippen LogP contribution in [0.25, 0.3) is 11.1 Å². The van der Waals surface area contributed by atoms with E-state index in [1.165, 1.54) is 5.56 Å². The Balaban J connectivity index is 2.35. The van der Waals surface area contributed by atoms with Gasteiger partial charge in [-0.15, -0.1) is 0 Å². The number of nitrogens with zero attached hydrogens (tertiary/aromatic N) is 3. The van der Waals surface area contributed by atoms with Gasteiger partial charge in [0.2, 0.25) is 5.82 Å². The molecule has 0 fully saturated rings. The Morgan fingerprint density at radius 3 is 2.56 bits per heavy atom. The van der Waals surface area contributed by atoms with E-state index in [1.54, 1.807) is 12.4 Å². The van der Waals surface area contributed by atoms with Crippen molar-refractivity contribution in [3.63, 3.8) is 0 Å². The van der Waals surface area contributed by atoms with Crippen LogP contribution in [0.15, 0.2) is 36.7 Å². The average molecular weight is 237 g/mol. The highest BCUT2D eigenvalue weighted by Crippen LogP contribution is 2.24. The van der Waals surface area contributed by atoms with E-state index >= 15 is 0 Å². The van der Waals surface area contributed by atoms with Crippen molar-refractivity contribution >= 4 is 0 Å². The lowest BCUT2D eigenvalue weighted by atomic mass is 9.95. The van der Waals surface area contributed by atoms with E-state index in [0.717, 1.165) is 17.5 Å². The van der Waals surface area contributed by atoms with Gasteiger partial charge in [-0.05, 0) is 23.5 Å². The van der Waals surface area contributed by atoms with Gasteiger partial charge in [0.1, 0.15) is 6.07 Å². The molecule has 0 N–H and O–H groups in total. The van der Waals surface area contributed by atoms with Crippen LogP contribution < -0.4 is 0 Å².